The van der Waals surface area contributed by atoms with E-state index < -0.39 is 23.8 Å². The van der Waals surface area contributed by atoms with Crippen LogP contribution in [0.1, 0.15) is 12.6 Å². The zero-order chi connectivity index (χ0) is 17.9. The third-order valence-corrected chi connectivity index (χ3v) is 4.30. The van der Waals surface area contributed by atoms with Crippen LogP contribution in [0.2, 0.25) is 5.02 Å². The SMILES string of the molecule is Cc1csc(=O)n1CC(=O)O[C@@H](C)C(=O)Nc1ccc(F)c(Cl)c1. The number of carbonyl (C=O) groups excluding carboxylic acids is 2. The van der Waals surface area contributed by atoms with Gasteiger partial charge in [-0.25, -0.2) is 4.39 Å². The molecule has 0 aliphatic carbocycles. The summed E-state index contributed by atoms with van der Waals surface area (Å²) in [6.07, 6.45) is -1.09. The number of esters is 1. The van der Waals surface area contributed by atoms with Gasteiger partial charge in [0.2, 0.25) is 0 Å². The van der Waals surface area contributed by atoms with Crippen molar-refractivity contribution in [3.05, 3.63) is 49.8 Å². The van der Waals surface area contributed by atoms with E-state index in [4.69, 9.17) is 16.3 Å². The highest BCUT2D eigenvalue weighted by atomic mass is 35.5. The standard InChI is InChI=1S/C15H14ClFN2O4S/c1-8-7-24-15(22)19(8)6-13(20)23-9(2)14(21)18-10-3-4-12(17)11(16)5-10/h3-5,7,9H,6H2,1-2H3,(H,18,21)/t9-/m0/s1. The predicted molar refractivity (Wildman–Crippen MR) is 88.9 cm³/mol. The zero-order valence-corrected chi connectivity index (χ0v) is 14.4. The molecule has 0 bridgehead atoms. The molecule has 0 spiro atoms. The van der Waals surface area contributed by atoms with Crippen LogP contribution in [0.25, 0.3) is 0 Å². The van der Waals surface area contributed by atoms with Gasteiger partial charge in [-0.1, -0.05) is 22.9 Å². The Balaban J connectivity index is 1.94. The number of nitrogens with zero attached hydrogens (tertiary/aromatic N) is 1. The molecule has 1 heterocycles. The van der Waals surface area contributed by atoms with Crippen LogP contribution in [-0.2, 0) is 20.9 Å². The molecular formula is C15H14ClFN2O4S. The highest BCUT2D eigenvalue weighted by Crippen LogP contribution is 2.19. The third kappa shape index (κ3) is 4.42. The number of rotatable bonds is 5. The van der Waals surface area contributed by atoms with Gasteiger partial charge in [0.15, 0.2) is 6.10 Å². The Kier molecular flexibility index (Phi) is 5.74. The number of amides is 1. The molecular weight excluding hydrogens is 359 g/mol. The minimum atomic E-state index is -1.09. The number of carbonyl (C=O) groups is 2. The van der Waals surface area contributed by atoms with Gasteiger partial charge < -0.3 is 10.1 Å². The summed E-state index contributed by atoms with van der Waals surface area (Å²) in [4.78, 5) is 35.1. The number of aryl methyl sites for hydroxylation is 1. The molecule has 0 fully saturated rings. The number of benzene rings is 1. The maximum Gasteiger partial charge on any atom is 0.326 e. The van der Waals surface area contributed by atoms with Crippen LogP contribution in [0.3, 0.4) is 0 Å². The van der Waals surface area contributed by atoms with Gasteiger partial charge in [0, 0.05) is 16.8 Å². The first kappa shape index (κ1) is 18.2. The largest absolute Gasteiger partial charge is 0.451 e. The number of aromatic nitrogens is 1. The zero-order valence-electron chi connectivity index (χ0n) is 12.8. The van der Waals surface area contributed by atoms with Crippen molar-refractivity contribution in [2.75, 3.05) is 5.32 Å². The van der Waals surface area contributed by atoms with Gasteiger partial charge in [-0.2, -0.15) is 0 Å². The van der Waals surface area contributed by atoms with E-state index in [1.807, 2.05) is 0 Å². The van der Waals surface area contributed by atoms with Gasteiger partial charge in [-0.05, 0) is 32.0 Å². The summed E-state index contributed by atoms with van der Waals surface area (Å²) < 4.78 is 19.3. The Hall–Kier alpha value is -2.19. The monoisotopic (exact) mass is 372 g/mol. The maximum absolute atomic E-state index is 13.1. The Morgan fingerprint density at radius 3 is 2.75 bits per heavy atom. The summed E-state index contributed by atoms with van der Waals surface area (Å²) in [6, 6.07) is 3.69. The lowest BCUT2D eigenvalue weighted by molar-refractivity contribution is -0.153. The van der Waals surface area contributed by atoms with Crippen molar-refractivity contribution < 1.29 is 18.7 Å². The van der Waals surface area contributed by atoms with Crippen LogP contribution in [0.15, 0.2) is 28.4 Å². The minimum absolute atomic E-state index is 0.134. The summed E-state index contributed by atoms with van der Waals surface area (Å²) in [5.74, 6) is -1.91. The predicted octanol–water partition coefficient (Wildman–Crippen LogP) is 2.58. The summed E-state index contributed by atoms with van der Waals surface area (Å²) in [6.45, 7) is 2.81. The van der Waals surface area contributed by atoms with Gasteiger partial charge in [0.25, 0.3) is 5.91 Å². The fourth-order valence-corrected chi connectivity index (χ4v) is 2.75. The summed E-state index contributed by atoms with van der Waals surface area (Å²) in [5.41, 5.74) is 0.916. The number of thiazole rings is 1. The highest BCUT2D eigenvalue weighted by Gasteiger charge is 2.19. The summed E-state index contributed by atoms with van der Waals surface area (Å²) in [5, 5.41) is 3.96. The van der Waals surface area contributed by atoms with Crippen molar-refractivity contribution in [3.8, 4) is 0 Å². The van der Waals surface area contributed by atoms with Crippen molar-refractivity contribution in [1.82, 2.24) is 4.57 Å². The maximum atomic E-state index is 13.1. The normalized spacial score (nSPS) is 11.8. The molecule has 0 saturated carbocycles. The fourth-order valence-electron chi connectivity index (χ4n) is 1.83. The Morgan fingerprint density at radius 2 is 2.17 bits per heavy atom. The number of hydrogen-bond donors (Lipinski definition) is 1. The number of anilines is 1. The third-order valence-electron chi connectivity index (χ3n) is 3.13. The Bertz CT molecular complexity index is 833. The van der Waals surface area contributed by atoms with E-state index in [0.29, 0.717) is 5.69 Å². The molecule has 0 aliphatic rings. The molecule has 0 aliphatic heterocycles. The highest BCUT2D eigenvalue weighted by molar-refractivity contribution is 7.07. The molecule has 9 heteroatoms. The second-order valence-corrected chi connectivity index (χ2v) is 6.21. The van der Waals surface area contributed by atoms with Crippen LogP contribution in [0, 0.1) is 12.7 Å². The lowest BCUT2D eigenvalue weighted by atomic mass is 10.3. The second-order valence-electron chi connectivity index (χ2n) is 4.98. The number of hydrogen-bond acceptors (Lipinski definition) is 5. The fraction of sp³-hybridized carbons (Fsp3) is 0.267. The summed E-state index contributed by atoms with van der Waals surface area (Å²) in [7, 11) is 0. The first-order chi connectivity index (χ1) is 11.3. The van der Waals surface area contributed by atoms with E-state index >= 15 is 0 Å². The molecule has 2 aromatic rings. The second kappa shape index (κ2) is 7.59. The number of nitrogens with one attached hydrogen (secondary N) is 1. The van der Waals surface area contributed by atoms with Gasteiger partial charge in [0.05, 0.1) is 5.02 Å². The van der Waals surface area contributed by atoms with Crippen molar-refractivity contribution >= 4 is 40.5 Å². The molecule has 6 nitrogen and oxygen atoms in total. The molecule has 1 N–H and O–H groups in total. The van der Waals surface area contributed by atoms with Gasteiger partial charge in [-0.3, -0.25) is 19.0 Å². The van der Waals surface area contributed by atoms with Crippen molar-refractivity contribution in [2.24, 2.45) is 0 Å². The van der Waals surface area contributed by atoms with E-state index in [1.54, 1.807) is 12.3 Å². The van der Waals surface area contributed by atoms with Crippen molar-refractivity contribution in [2.45, 2.75) is 26.5 Å². The van der Waals surface area contributed by atoms with Crippen LogP contribution in [-0.4, -0.2) is 22.5 Å². The van der Waals surface area contributed by atoms with Crippen molar-refractivity contribution in [1.29, 1.82) is 0 Å². The first-order valence-corrected chi connectivity index (χ1v) is 8.14. The van der Waals surface area contributed by atoms with Gasteiger partial charge in [-0.15, -0.1) is 0 Å². The van der Waals surface area contributed by atoms with Crippen LogP contribution < -0.4 is 10.2 Å². The average Bonchev–Trinajstić information content (AvgIpc) is 2.82. The molecule has 24 heavy (non-hydrogen) atoms. The van der Waals surface area contributed by atoms with Crippen LogP contribution in [0.5, 0.6) is 0 Å². The van der Waals surface area contributed by atoms with Crippen molar-refractivity contribution in [3.63, 3.8) is 0 Å². The van der Waals surface area contributed by atoms with E-state index in [-0.39, 0.29) is 22.1 Å². The molecule has 0 radical (unpaired) electrons. The van der Waals surface area contributed by atoms with E-state index in [1.165, 1.54) is 23.6 Å². The first-order valence-electron chi connectivity index (χ1n) is 6.88. The molecule has 0 unspecified atom stereocenters. The average molecular weight is 373 g/mol. The molecule has 1 amide bonds. The molecule has 0 saturated heterocycles. The molecule has 1 aromatic heterocycles. The molecule has 2 rings (SSSR count). The molecule has 1 atom stereocenters. The van der Waals surface area contributed by atoms with Gasteiger partial charge >= 0.3 is 10.8 Å². The smallest absolute Gasteiger partial charge is 0.326 e. The topological polar surface area (TPSA) is 77.4 Å². The lowest BCUT2D eigenvalue weighted by Gasteiger charge is -2.14. The van der Waals surface area contributed by atoms with E-state index in [9.17, 15) is 18.8 Å². The quantitative estimate of drug-likeness (QED) is 0.818. The molecule has 1 aromatic carbocycles. The molecule has 128 valence electrons. The summed E-state index contributed by atoms with van der Waals surface area (Å²) >= 11 is 6.61. The van der Waals surface area contributed by atoms with E-state index in [2.05, 4.69) is 5.32 Å². The van der Waals surface area contributed by atoms with Crippen LogP contribution in [0.4, 0.5) is 10.1 Å². The number of halogens is 2. The van der Waals surface area contributed by atoms with E-state index in [0.717, 1.165) is 17.4 Å². The van der Waals surface area contributed by atoms with Gasteiger partial charge in [0.1, 0.15) is 12.4 Å². The lowest BCUT2D eigenvalue weighted by Crippen LogP contribution is -2.32. The van der Waals surface area contributed by atoms with Crippen LogP contribution >= 0.6 is 22.9 Å². The number of ether oxygens (including phenoxy) is 1. The Labute approximate surface area is 145 Å². The Morgan fingerprint density at radius 1 is 1.46 bits per heavy atom. The minimum Gasteiger partial charge on any atom is -0.451 e.